The van der Waals surface area contributed by atoms with Crippen molar-refractivity contribution < 1.29 is 18.7 Å². The summed E-state index contributed by atoms with van der Waals surface area (Å²) in [6.07, 6.45) is 0. The highest BCUT2D eigenvalue weighted by Crippen LogP contribution is 2.17. The predicted molar refractivity (Wildman–Crippen MR) is 111 cm³/mol. The fourth-order valence-corrected chi connectivity index (χ4v) is 2.76. The van der Waals surface area contributed by atoms with Crippen molar-refractivity contribution in [3.63, 3.8) is 0 Å². The van der Waals surface area contributed by atoms with Gasteiger partial charge in [-0.3, -0.25) is 9.59 Å². The summed E-state index contributed by atoms with van der Waals surface area (Å²) in [5, 5.41) is 2.86. The van der Waals surface area contributed by atoms with Crippen LogP contribution in [0.5, 0.6) is 5.75 Å². The van der Waals surface area contributed by atoms with Crippen LogP contribution >= 0.6 is 0 Å². The SMILES string of the molecule is Cc1ccccc1OCC(=O)N(Cc1ccc(F)cc1)C(C)C(=O)NCC(C)C. The molecule has 1 atom stereocenters. The molecule has 0 heterocycles. The molecule has 0 saturated carbocycles. The van der Waals surface area contributed by atoms with E-state index in [1.54, 1.807) is 25.1 Å². The van der Waals surface area contributed by atoms with Gasteiger partial charge < -0.3 is 15.0 Å². The molecule has 1 N–H and O–H groups in total. The second-order valence-corrected chi connectivity index (χ2v) is 7.52. The van der Waals surface area contributed by atoms with Crippen molar-refractivity contribution in [1.82, 2.24) is 10.2 Å². The second kappa shape index (κ2) is 10.6. The number of hydrogen-bond donors (Lipinski definition) is 1. The fourth-order valence-electron chi connectivity index (χ4n) is 2.76. The maximum atomic E-state index is 13.2. The largest absolute Gasteiger partial charge is 0.484 e. The minimum atomic E-state index is -0.688. The molecule has 0 bridgehead atoms. The minimum absolute atomic E-state index is 0.187. The molecule has 2 amide bonds. The van der Waals surface area contributed by atoms with Gasteiger partial charge in [0, 0.05) is 13.1 Å². The first-order valence-electron chi connectivity index (χ1n) is 9.78. The van der Waals surface area contributed by atoms with E-state index in [2.05, 4.69) is 5.32 Å². The third-order valence-electron chi connectivity index (χ3n) is 4.56. The molecule has 1 unspecified atom stereocenters. The van der Waals surface area contributed by atoms with Crippen LogP contribution in [0.3, 0.4) is 0 Å². The maximum Gasteiger partial charge on any atom is 0.261 e. The Morgan fingerprint density at radius 3 is 2.34 bits per heavy atom. The molecule has 0 saturated heterocycles. The lowest BCUT2D eigenvalue weighted by Crippen LogP contribution is -2.49. The molecular formula is C23H29FN2O3. The molecular weight excluding hydrogens is 371 g/mol. The van der Waals surface area contributed by atoms with Crippen molar-refractivity contribution in [3.8, 4) is 5.75 Å². The number of carbonyl (C=O) groups excluding carboxylic acids is 2. The molecule has 0 aliphatic carbocycles. The van der Waals surface area contributed by atoms with Crippen LogP contribution in [0.2, 0.25) is 0 Å². The number of rotatable bonds is 9. The molecule has 2 aromatic rings. The molecule has 0 radical (unpaired) electrons. The summed E-state index contributed by atoms with van der Waals surface area (Å²) in [6, 6.07) is 12.6. The summed E-state index contributed by atoms with van der Waals surface area (Å²) in [6.45, 7) is 8.12. The molecule has 0 aromatic heterocycles. The maximum absolute atomic E-state index is 13.2. The average molecular weight is 400 g/mol. The first-order valence-corrected chi connectivity index (χ1v) is 9.78. The van der Waals surface area contributed by atoms with Gasteiger partial charge in [0.05, 0.1) is 0 Å². The van der Waals surface area contributed by atoms with Crippen molar-refractivity contribution in [2.24, 2.45) is 5.92 Å². The van der Waals surface area contributed by atoms with Crippen LogP contribution in [-0.4, -0.2) is 35.9 Å². The molecule has 0 aliphatic rings. The number of halogens is 1. The number of amides is 2. The van der Waals surface area contributed by atoms with Crippen LogP contribution in [0, 0.1) is 18.7 Å². The molecule has 5 nitrogen and oxygen atoms in total. The quantitative estimate of drug-likeness (QED) is 0.698. The van der Waals surface area contributed by atoms with Crippen molar-refractivity contribution in [3.05, 3.63) is 65.5 Å². The van der Waals surface area contributed by atoms with Gasteiger partial charge in [-0.1, -0.05) is 44.2 Å². The van der Waals surface area contributed by atoms with E-state index in [0.29, 0.717) is 18.2 Å². The van der Waals surface area contributed by atoms with Crippen LogP contribution < -0.4 is 10.1 Å². The normalized spacial score (nSPS) is 11.8. The van der Waals surface area contributed by atoms with E-state index in [0.717, 1.165) is 11.1 Å². The Morgan fingerprint density at radius 1 is 1.07 bits per heavy atom. The molecule has 0 fully saturated rings. The van der Waals surface area contributed by atoms with E-state index in [-0.39, 0.29) is 30.8 Å². The number of ether oxygens (including phenoxy) is 1. The van der Waals surface area contributed by atoms with E-state index < -0.39 is 6.04 Å². The zero-order valence-electron chi connectivity index (χ0n) is 17.4. The summed E-state index contributed by atoms with van der Waals surface area (Å²) < 4.78 is 18.9. The van der Waals surface area contributed by atoms with E-state index in [4.69, 9.17) is 4.74 Å². The van der Waals surface area contributed by atoms with E-state index in [9.17, 15) is 14.0 Å². The lowest BCUT2D eigenvalue weighted by molar-refractivity contribution is -0.142. The molecule has 156 valence electrons. The smallest absolute Gasteiger partial charge is 0.261 e. The predicted octanol–water partition coefficient (Wildman–Crippen LogP) is 3.70. The zero-order valence-corrected chi connectivity index (χ0v) is 17.4. The van der Waals surface area contributed by atoms with Gasteiger partial charge >= 0.3 is 0 Å². The monoisotopic (exact) mass is 400 g/mol. The zero-order chi connectivity index (χ0) is 21.4. The second-order valence-electron chi connectivity index (χ2n) is 7.52. The summed E-state index contributed by atoms with van der Waals surface area (Å²) in [7, 11) is 0. The average Bonchev–Trinajstić information content (AvgIpc) is 2.70. The third-order valence-corrected chi connectivity index (χ3v) is 4.56. The van der Waals surface area contributed by atoms with Gasteiger partial charge in [0.2, 0.25) is 5.91 Å². The van der Waals surface area contributed by atoms with Gasteiger partial charge in [-0.2, -0.15) is 0 Å². The number of nitrogens with one attached hydrogen (secondary N) is 1. The Kier molecular flexibility index (Phi) is 8.19. The molecule has 6 heteroatoms. The van der Waals surface area contributed by atoms with Gasteiger partial charge in [-0.05, 0) is 49.1 Å². The number of hydrogen-bond acceptors (Lipinski definition) is 3. The Balaban J connectivity index is 2.13. The van der Waals surface area contributed by atoms with E-state index >= 15 is 0 Å². The molecule has 0 spiro atoms. The minimum Gasteiger partial charge on any atom is -0.484 e. The summed E-state index contributed by atoms with van der Waals surface area (Å²) in [5.74, 6) is 0.0309. The van der Waals surface area contributed by atoms with Crippen LogP contribution in [0.25, 0.3) is 0 Å². The van der Waals surface area contributed by atoms with Gasteiger partial charge in [-0.25, -0.2) is 4.39 Å². The summed E-state index contributed by atoms with van der Waals surface area (Å²) in [4.78, 5) is 26.9. The van der Waals surface area contributed by atoms with Gasteiger partial charge in [-0.15, -0.1) is 0 Å². The highest BCUT2D eigenvalue weighted by molar-refractivity contribution is 5.88. The first-order chi connectivity index (χ1) is 13.8. The molecule has 2 aromatic carbocycles. The highest BCUT2D eigenvalue weighted by Gasteiger charge is 2.26. The van der Waals surface area contributed by atoms with E-state index in [1.807, 2.05) is 39.0 Å². The number of carbonyl (C=O) groups is 2. The Morgan fingerprint density at radius 2 is 1.72 bits per heavy atom. The van der Waals surface area contributed by atoms with Crippen molar-refractivity contribution in [2.75, 3.05) is 13.2 Å². The lowest BCUT2D eigenvalue weighted by Gasteiger charge is -2.29. The number of nitrogens with zero attached hydrogens (tertiary/aromatic N) is 1. The fraction of sp³-hybridized carbons (Fsp3) is 0.391. The van der Waals surface area contributed by atoms with Crippen LogP contribution in [0.15, 0.2) is 48.5 Å². The van der Waals surface area contributed by atoms with Crippen molar-refractivity contribution >= 4 is 11.8 Å². The van der Waals surface area contributed by atoms with Crippen LogP contribution in [0.4, 0.5) is 4.39 Å². The number of benzene rings is 2. The Bertz CT molecular complexity index is 821. The molecule has 0 aliphatic heterocycles. The first kappa shape index (κ1) is 22.4. The van der Waals surface area contributed by atoms with Crippen LogP contribution in [-0.2, 0) is 16.1 Å². The Hall–Kier alpha value is -2.89. The number of para-hydroxylation sites is 1. The lowest BCUT2D eigenvalue weighted by atomic mass is 10.1. The standard InChI is InChI=1S/C23H29FN2O3/c1-16(2)13-25-23(28)18(4)26(14-19-9-11-20(24)12-10-19)22(27)15-29-21-8-6-5-7-17(21)3/h5-12,16,18H,13-15H2,1-4H3,(H,25,28). The van der Waals surface area contributed by atoms with E-state index in [1.165, 1.54) is 17.0 Å². The highest BCUT2D eigenvalue weighted by atomic mass is 19.1. The van der Waals surface area contributed by atoms with Crippen molar-refractivity contribution in [1.29, 1.82) is 0 Å². The summed E-state index contributed by atoms with van der Waals surface area (Å²) >= 11 is 0. The topological polar surface area (TPSA) is 58.6 Å². The Labute approximate surface area is 171 Å². The molecule has 29 heavy (non-hydrogen) atoms. The number of aryl methyl sites for hydroxylation is 1. The van der Waals surface area contributed by atoms with Crippen molar-refractivity contribution in [2.45, 2.75) is 40.3 Å². The van der Waals surface area contributed by atoms with Crippen LogP contribution in [0.1, 0.15) is 31.9 Å². The van der Waals surface area contributed by atoms with Gasteiger partial charge in [0.1, 0.15) is 17.6 Å². The van der Waals surface area contributed by atoms with Gasteiger partial charge in [0.15, 0.2) is 6.61 Å². The summed E-state index contributed by atoms with van der Waals surface area (Å²) in [5.41, 5.74) is 1.66. The third kappa shape index (κ3) is 6.89. The molecule has 2 rings (SSSR count). The van der Waals surface area contributed by atoms with Gasteiger partial charge in [0.25, 0.3) is 5.91 Å².